The van der Waals surface area contributed by atoms with E-state index in [4.69, 9.17) is 5.73 Å². The molecule has 1 aliphatic carbocycles. The van der Waals surface area contributed by atoms with Gasteiger partial charge in [-0.15, -0.1) is 0 Å². The van der Waals surface area contributed by atoms with Crippen molar-refractivity contribution in [2.24, 2.45) is 11.7 Å². The van der Waals surface area contributed by atoms with Gasteiger partial charge in [-0.3, -0.25) is 24.0 Å². The Bertz CT molecular complexity index is 677. The molecule has 0 aromatic rings. The Hall–Kier alpha value is -2.65. The quantitative estimate of drug-likeness (QED) is 0.386. The van der Waals surface area contributed by atoms with E-state index in [0.717, 1.165) is 38.5 Å². The average Bonchev–Trinajstić information content (AvgIpc) is 2.75. The van der Waals surface area contributed by atoms with Crippen LogP contribution in [0.4, 0.5) is 0 Å². The molecule has 2 atom stereocenters. The van der Waals surface area contributed by atoms with Crippen LogP contribution in [-0.2, 0) is 24.0 Å². The fourth-order valence-electron chi connectivity index (χ4n) is 4.39. The zero-order chi connectivity index (χ0) is 22.8. The molecule has 1 aliphatic heterocycles. The van der Waals surface area contributed by atoms with Gasteiger partial charge < -0.3 is 26.6 Å². The first-order chi connectivity index (χ1) is 14.8. The molecular formula is C21H35N5O5. The molecule has 2 rings (SSSR count). The molecule has 0 unspecified atom stereocenters. The molecule has 0 radical (unpaired) electrons. The second kappa shape index (κ2) is 12.3. The number of rotatable bonds is 9. The van der Waals surface area contributed by atoms with Gasteiger partial charge in [0.15, 0.2) is 0 Å². The molecule has 0 spiro atoms. The molecule has 0 bridgehead atoms. The van der Waals surface area contributed by atoms with Crippen LogP contribution < -0.4 is 21.7 Å². The molecule has 174 valence electrons. The third-order valence-corrected chi connectivity index (χ3v) is 5.95. The monoisotopic (exact) mass is 437 g/mol. The lowest BCUT2D eigenvalue weighted by atomic mass is 9.84. The van der Waals surface area contributed by atoms with Crippen molar-refractivity contribution in [1.29, 1.82) is 0 Å². The van der Waals surface area contributed by atoms with Gasteiger partial charge in [0.25, 0.3) is 0 Å². The van der Waals surface area contributed by atoms with Gasteiger partial charge in [0.2, 0.25) is 29.5 Å². The van der Waals surface area contributed by atoms with E-state index in [-0.39, 0.29) is 24.9 Å². The number of piperidine rings is 1. The van der Waals surface area contributed by atoms with Crippen molar-refractivity contribution in [1.82, 2.24) is 20.9 Å². The van der Waals surface area contributed by atoms with Crippen LogP contribution in [0.25, 0.3) is 0 Å². The highest BCUT2D eigenvalue weighted by molar-refractivity contribution is 5.94. The number of carbonyl (C=O) groups excluding carboxylic acids is 5. The molecule has 1 saturated carbocycles. The predicted octanol–water partition coefficient (Wildman–Crippen LogP) is -0.440. The highest BCUT2D eigenvalue weighted by atomic mass is 16.2. The van der Waals surface area contributed by atoms with Gasteiger partial charge in [0, 0.05) is 13.5 Å². The Labute approximate surface area is 183 Å². The van der Waals surface area contributed by atoms with E-state index >= 15 is 0 Å². The summed E-state index contributed by atoms with van der Waals surface area (Å²) in [5.74, 6) is -1.78. The van der Waals surface area contributed by atoms with E-state index in [9.17, 15) is 24.0 Å². The summed E-state index contributed by atoms with van der Waals surface area (Å²) >= 11 is 0. The van der Waals surface area contributed by atoms with Crippen LogP contribution in [0, 0.1) is 5.92 Å². The summed E-state index contributed by atoms with van der Waals surface area (Å²) in [6.45, 7) is 1.25. The third kappa shape index (κ3) is 8.18. The molecule has 5 N–H and O–H groups in total. The van der Waals surface area contributed by atoms with Gasteiger partial charge in [0.05, 0.1) is 13.1 Å². The van der Waals surface area contributed by atoms with E-state index in [1.54, 1.807) is 0 Å². The zero-order valence-electron chi connectivity index (χ0n) is 18.3. The fourth-order valence-corrected chi connectivity index (χ4v) is 4.39. The summed E-state index contributed by atoms with van der Waals surface area (Å²) in [5.41, 5.74) is 5.11. The summed E-state index contributed by atoms with van der Waals surface area (Å²) in [4.78, 5) is 62.0. The SMILES string of the molecule is CC(=O)NCC(=O)N[C@@H](CC1CCCCC1)C(=O)N1CCCC[C@H]1C(=O)NCC(N)=O. The second-order valence-corrected chi connectivity index (χ2v) is 8.50. The van der Waals surface area contributed by atoms with Gasteiger partial charge in [0.1, 0.15) is 12.1 Å². The van der Waals surface area contributed by atoms with Crippen molar-refractivity contribution >= 4 is 29.5 Å². The van der Waals surface area contributed by atoms with Crippen molar-refractivity contribution in [2.75, 3.05) is 19.6 Å². The summed E-state index contributed by atoms with van der Waals surface area (Å²) < 4.78 is 0. The maximum Gasteiger partial charge on any atom is 0.245 e. The van der Waals surface area contributed by atoms with E-state index < -0.39 is 29.8 Å². The highest BCUT2D eigenvalue weighted by Crippen LogP contribution is 2.28. The topological polar surface area (TPSA) is 151 Å². The number of primary amides is 1. The molecule has 0 aromatic carbocycles. The van der Waals surface area contributed by atoms with Crippen molar-refractivity contribution in [3.05, 3.63) is 0 Å². The van der Waals surface area contributed by atoms with Crippen molar-refractivity contribution in [3.63, 3.8) is 0 Å². The number of carbonyl (C=O) groups is 5. The lowest BCUT2D eigenvalue weighted by Crippen LogP contribution is -2.58. The van der Waals surface area contributed by atoms with E-state index in [2.05, 4.69) is 16.0 Å². The normalized spacial score (nSPS) is 20.4. The predicted molar refractivity (Wildman–Crippen MR) is 113 cm³/mol. The van der Waals surface area contributed by atoms with E-state index in [0.29, 0.717) is 25.3 Å². The van der Waals surface area contributed by atoms with Crippen LogP contribution in [0.15, 0.2) is 0 Å². The van der Waals surface area contributed by atoms with E-state index in [1.807, 2.05) is 0 Å². The molecule has 2 fully saturated rings. The lowest BCUT2D eigenvalue weighted by molar-refractivity contribution is -0.145. The first-order valence-electron chi connectivity index (χ1n) is 11.2. The molecule has 1 heterocycles. The third-order valence-electron chi connectivity index (χ3n) is 5.95. The number of likely N-dealkylation sites (tertiary alicyclic amines) is 1. The standard InChI is InChI=1S/C21H35N5O5/c1-14(27)23-13-19(29)25-16(11-15-7-3-2-4-8-15)21(31)26-10-6-5-9-17(26)20(30)24-12-18(22)28/h15-17H,2-13H2,1H3,(H2,22,28)(H,23,27)(H,24,30)(H,25,29)/t16-,17-/m0/s1. The molecule has 5 amide bonds. The minimum absolute atomic E-state index is 0.202. The van der Waals surface area contributed by atoms with Gasteiger partial charge in [-0.05, 0) is 31.6 Å². The van der Waals surface area contributed by atoms with Crippen molar-refractivity contribution in [3.8, 4) is 0 Å². The smallest absolute Gasteiger partial charge is 0.245 e. The summed E-state index contributed by atoms with van der Waals surface area (Å²) in [6, 6.07) is -1.45. The van der Waals surface area contributed by atoms with E-state index in [1.165, 1.54) is 18.2 Å². The first-order valence-corrected chi connectivity index (χ1v) is 11.2. The van der Waals surface area contributed by atoms with Crippen LogP contribution in [-0.4, -0.2) is 66.2 Å². The molecule has 1 saturated heterocycles. The number of nitrogens with one attached hydrogen (secondary N) is 3. The van der Waals surface area contributed by atoms with Gasteiger partial charge in [-0.25, -0.2) is 0 Å². The second-order valence-electron chi connectivity index (χ2n) is 8.50. The summed E-state index contributed by atoms with van der Waals surface area (Å²) in [5, 5.41) is 7.71. The zero-order valence-corrected chi connectivity index (χ0v) is 18.3. The molecular weight excluding hydrogens is 402 g/mol. The number of hydrogen-bond acceptors (Lipinski definition) is 5. The highest BCUT2D eigenvalue weighted by Gasteiger charge is 2.37. The Morgan fingerprint density at radius 2 is 1.61 bits per heavy atom. The Morgan fingerprint density at radius 3 is 2.26 bits per heavy atom. The molecule has 10 nitrogen and oxygen atoms in total. The molecule has 0 aromatic heterocycles. The van der Waals surface area contributed by atoms with Gasteiger partial charge in [-0.1, -0.05) is 32.1 Å². The Kier molecular flexibility index (Phi) is 9.74. The first kappa shape index (κ1) is 24.6. The Morgan fingerprint density at radius 1 is 0.935 bits per heavy atom. The van der Waals surface area contributed by atoms with Gasteiger partial charge in [-0.2, -0.15) is 0 Å². The average molecular weight is 438 g/mol. The fraction of sp³-hybridized carbons (Fsp3) is 0.762. The summed E-state index contributed by atoms with van der Waals surface area (Å²) in [6.07, 6.45) is 7.96. The number of hydrogen-bond donors (Lipinski definition) is 4. The van der Waals surface area contributed by atoms with Crippen LogP contribution in [0.2, 0.25) is 0 Å². The van der Waals surface area contributed by atoms with Crippen LogP contribution in [0.5, 0.6) is 0 Å². The Balaban J connectivity index is 2.11. The van der Waals surface area contributed by atoms with Crippen LogP contribution in [0.3, 0.4) is 0 Å². The van der Waals surface area contributed by atoms with Gasteiger partial charge >= 0.3 is 0 Å². The maximum atomic E-state index is 13.5. The minimum atomic E-state index is -0.756. The van der Waals surface area contributed by atoms with Crippen LogP contribution >= 0.6 is 0 Å². The van der Waals surface area contributed by atoms with Crippen molar-refractivity contribution in [2.45, 2.75) is 76.8 Å². The number of amides is 5. The number of nitrogens with zero attached hydrogens (tertiary/aromatic N) is 1. The number of nitrogens with two attached hydrogens (primary N) is 1. The lowest BCUT2D eigenvalue weighted by Gasteiger charge is -2.38. The molecule has 10 heteroatoms. The minimum Gasteiger partial charge on any atom is -0.368 e. The largest absolute Gasteiger partial charge is 0.368 e. The summed E-state index contributed by atoms with van der Waals surface area (Å²) in [7, 11) is 0. The molecule has 2 aliphatic rings. The van der Waals surface area contributed by atoms with Crippen LogP contribution in [0.1, 0.15) is 64.7 Å². The maximum absolute atomic E-state index is 13.5. The van der Waals surface area contributed by atoms with Crippen molar-refractivity contribution < 1.29 is 24.0 Å². The molecule has 31 heavy (non-hydrogen) atoms.